The quantitative estimate of drug-likeness (QED) is 0.201. The number of aromatic nitrogens is 3. The van der Waals surface area contributed by atoms with Crippen LogP contribution in [-0.4, -0.2) is 14.5 Å². The topological polar surface area (TPSA) is 43.9 Å². The fourth-order valence-electron chi connectivity index (χ4n) is 6.43. The second-order valence-corrected chi connectivity index (χ2v) is 11.5. The van der Waals surface area contributed by atoms with Crippen molar-refractivity contribution in [3.05, 3.63) is 164 Å². The molecule has 0 radical (unpaired) electrons. The van der Waals surface area contributed by atoms with Gasteiger partial charge in [-0.3, -0.25) is 4.98 Å². The first-order valence-electron chi connectivity index (χ1n) is 15.4. The number of para-hydroxylation sites is 1. The van der Waals surface area contributed by atoms with Crippen LogP contribution in [0, 0.1) is 0 Å². The van der Waals surface area contributed by atoms with E-state index in [1.54, 1.807) is 0 Å². The number of hydrogen-bond donors (Lipinski definition) is 0. The second-order valence-electron chi connectivity index (χ2n) is 11.5. The third-order valence-electron chi connectivity index (χ3n) is 8.70. The lowest BCUT2D eigenvalue weighted by Crippen LogP contribution is -1.95. The fourth-order valence-corrected chi connectivity index (χ4v) is 6.43. The maximum Gasteiger partial charge on any atom is 0.227 e. The highest BCUT2D eigenvalue weighted by Crippen LogP contribution is 2.36. The molecule has 9 aromatic rings. The maximum atomic E-state index is 6.43. The molecule has 3 aromatic heterocycles. The lowest BCUT2D eigenvalue weighted by molar-refractivity contribution is 0.620. The highest BCUT2D eigenvalue weighted by molar-refractivity contribution is 6.10. The molecule has 0 N–H and O–H groups in total. The molecule has 3 heterocycles. The van der Waals surface area contributed by atoms with E-state index < -0.39 is 0 Å². The molecule has 0 aliphatic carbocycles. The Balaban J connectivity index is 1.12. The van der Waals surface area contributed by atoms with Gasteiger partial charge in [-0.05, 0) is 76.9 Å². The third-order valence-corrected chi connectivity index (χ3v) is 8.70. The third kappa shape index (κ3) is 4.47. The minimum Gasteiger partial charge on any atom is -0.436 e. The summed E-state index contributed by atoms with van der Waals surface area (Å²) < 4.78 is 8.75. The molecule has 0 unspecified atom stereocenters. The summed E-state index contributed by atoms with van der Waals surface area (Å²) in [5.74, 6) is 0.604. The van der Waals surface area contributed by atoms with Crippen LogP contribution >= 0.6 is 0 Å². The monoisotopic (exact) mass is 589 g/mol. The molecule has 216 valence electrons. The van der Waals surface area contributed by atoms with Gasteiger partial charge in [-0.1, -0.05) is 103 Å². The summed E-state index contributed by atoms with van der Waals surface area (Å²) in [6.45, 7) is 0. The van der Waals surface area contributed by atoms with Crippen LogP contribution in [-0.2, 0) is 0 Å². The minimum absolute atomic E-state index is 0.604. The Hall–Kier alpha value is -6.26. The van der Waals surface area contributed by atoms with Gasteiger partial charge in [0, 0.05) is 33.8 Å². The number of pyridine rings is 1. The summed E-state index contributed by atoms with van der Waals surface area (Å²) >= 11 is 0. The van der Waals surface area contributed by atoms with Gasteiger partial charge in [0.25, 0.3) is 0 Å². The Labute approximate surface area is 265 Å². The molecule has 0 saturated carbocycles. The van der Waals surface area contributed by atoms with Crippen LogP contribution in [0.2, 0.25) is 0 Å². The Kier molecular flexibility index (Phi) is 6.10. The Morgan fingerprint density at radius 2 is 1.15 bits per heavy atom. The molecule has 0 bridgehead atoms. The van der Waals surface area contributed by atoms with E-state index >= 15 is 0 Å². The number of rotatable bonds is 5. The molecule has 0 saturated heterocycles. The van der Waals surface area contributed by atoms with Crippen molar-refractivity contribution in [3.63, 3.8) is 0 Å². The van der Waals surface area contributed by atoms with Gasteiger partial charge in [0.05, 0.1) is 16.7 Å². The number of fused-ring (bicyclic) bond motifs is 4. The molecule has 9 rings (SSSR count). The molecule has 0 aliphatic rings. The standard InChI is InChI=1S/C42H27N3O/c1-2-9-28(10-3-1)29-16-18-30(19-17-29)31-21-23-38-41(27-31)46-42(44-38)33-20-22-36-35-13-4-5-15-39(35)45(40(36)26-33)34-12-8-11-32(25-34)37-14-6-7-24-43-37/h1-27H. The Morgan fingerprint density at radius 3 is 2.00 bits per heavy atom. The van der Waals surface area contributed by atoms with E-state index in [0.29, 0.717) is 5.89 Å². The highest BCUT2D eigenvalue weighted by atomic mass is 16.3. The average molecular weight is 590 g/mol. The summed E-state index contributed by atoms with van der Waals surface area (Å²) in [7, 11) is 0. The van der Waals surface area contributed by atoms with Gasteiger partial charge in [0.15, 0.2) is 5.58 Å². The molecule has 6 aromatic carbocycles. The van der Waals surface area contributed by atoms with Crippen molar-refractivity contribution >= 4 is 32.9 Å². The van der Waals surface area contributed by atoms with E-state index in [0.717, 1.165) is 55.8 Å². The van der Waals surface area contributed by atoms with Crippen molar-refractivity contribution in [2.45, 2.75) is 0 Å². The van der Waals surface area contributed by atoms with Crippen molar-refractivity contribution < 1.29 is 4.42 Å². The zero-order chi connectivity index (χ0) is 30.5. The van der Waals surface area contributed by atoms with E-state index in [4.69, 9.17) is 9.40 Å². The van der Waals surface area contributed by atoms with Gasteiger partial charge >= 0.3 is 0 Å². The van der Waals surface area contributed by atoms with Crippen LogP contribution in [0.1, 0.15) is 0 Å². The smallest absolute Gasteiger partial charge is 0.227 e. The molecular weight excluding hydrogens is 562 g/mol. The number of benzene rings is 6. The Morgan fingerprint density at radius 1 is 0.457 bits per heavy atom. The molecule has 0 aliphatic heterocycles. The minimum atomic E-state index is 0.604. The molecule has 46 heavy (non-hydrogen) atoms. The zero-order valence-corrected chi connectivity index (χ0v) is 24.8. The molecule has 0 atom stereocenters. The van der Waals surface area contributed by atoms with E-state index in [9.17, 15) is 0 Å². The van der Waals surface area contributed by atoms with Gasteiger partial charge in [0.1, 0.15) is 5.52 Å². The van der Waals surface area contributed by atoms with Gasteiger partial charge in [-0.2, -0.15) is 0 Å². The van der Waals surface area contributed by atoms with Crippen LogP contribution < -0.4 is 0 Å². The second kappa shape index (κ2) is 10.7. The van der Waals surface area contributed by atoms with Crippen LogP contribution in [0.15, 0.2) is 168 Å². The number of hydrogen-bond acceptors (Lipinski definition) is 3. The van der Waals surface area contributed by atoms with Crippen molar-refractivity contribution in [2.24, 2.45) is 0 Å². The molecule has 0 spiro atoms. The maximum absolute atomic E-state index is 6.43. The Bertz CT molecular complexity index is 2510. The van der Waals surface area contributed by atoms with Crippen LogP contribution in [0.5, 0.6) is 0 Å². The fraction of sp³-hybridized carbons (Fsp3) is 0. The largest absolute Gasteiger partial charge is 0.436 e. The van der Waals surface area contributed by atoms with Gasteiger partial charge in [-0.15, -0.1) is 0 Å². The van der Waals surface area contributed by atoms with Gasteiger partial charge < -0.3 is 8.98 Å². The average Bonchev–Trinajstić information content (AvgIpc) is 3.71. The molecule has 4 heteroatoms. The van der Waals surface area contributed by atoms with Crippen molar-refractivity contribution in [1.29, 1.82) is 0 Å². The first-order valence-corrected chi connectivity index (χ1v) is 15.4. The van der Waals surface area contributed by atoms with E-state index in [2.05, 4.69) is 137 Å². The van der Waals surface area contributed by atoms with Crippen LogP contribution in [0.4, 0.5) is 0 Å². The van der Waals surface area contributed by atoms with Crippen molar-refractivity contribution in [1.82, 2.24) is 14.5 Å². The lowest BCUT2D eigenvalue weighted by Gasteiger charge is -2.10. The first-order chi connectivity index (χ1) is 22.8. The predicted octanol–water partition coefficient (Wildman–Crippen LogP) is 11.0. The van der Waals surface area contributed by atoms with Gasteiger partial charge in [-0.25, -0.2) is 4.98 Å². The summed E-state index contributed by atoms with van der Waals surface area (Å²) in [5.41, 5.74) is 12.5. The molecule has 0 amide bonds. The first kappa shape index (κ1) is 26.2. The SMILES string of the molecule is c1ccc(-c2ccc(-c3ccc4nc(-c5ccc6c7ccccc7n(-c7cccc(-c8ccccn8)c7)c6c5)oc4c3)cc2)cc1. The summed E-state index contributed by atoms with van der Waals surface area (Å²) in [4.78, 5) is 9.49. The zero-order valence-electron chi connectivity index (χ0n) is 24.8. The molecule has 0 fully saturated rings. The molecule has 4 nitrogen and oxygen atoms in total. The summed E-state index contributed by atoms with van der Waals surface area (Å²) in [5, 5.41) is 2.38. The van der Waals surface area contributed by atoms with E-state index in [-0.39, 0.29) is 0 Å². The predicted molar refractivity (Wildman–Crippen MR) is 188 cm³/mol. The molecular formula is C42H27N3O. The number of nitrogens with zero attached hydrogens (tertiary/aromatic N) is 3. The van der Waals surface area contributed by atoms with Crippen LogP contribution in [0.3, 0.4) is 0 Å². The van der Waals surface area contributed by atoms with Gasteiger partial charge in [0.2, 0.25) is 5.89 Å². The normalized spacial score (nSPS) is 11.5. The van der Waals surface area contributed by atoms with Crippen LogP contribution in [0.25, 0.3) is 83.6 Å². The summed E-state index contributed by atoms with van der Waals surface area (Å²) in [6, 6.07) is 54.9. The number of oxazole rings is 1. The van der Waals surface area contributed by atoms with Crippen molar-refractivity contribution in [2.75, 3.05) is 0 Å². The van der Waals surface area contributed by atoms with Crippen molar-refractivity contribution in [3.8, 4) is 50.7 Å². The van der Waals surface area contributed by atoms with E-state index in [1.807, 2.05) is 36.5 Å². The van der Waals surface area contributed by atoms with E-state index in [1.165, 1.54) is 21.9 Å². The lowest BCUT2D eigenvalue weighted by atomic mass is 10.0. The summed E-state index contributed by atoms with van der Waals surface area (Å²) in [6.07, 6.45) is 1.83. The highest BCUT2D eigenvalue weighted by Gasteiger charge is 2.16.